The molecular formula is C11H12BrF3N2O. The van der Waals surface area contributed by atoms with Crippen molar-refractivity contribution in [1.29, 1.82) is 0 Å². The van der Waals surface area contributed by atoms with Crippen LogP contribution >= 0.6 is 15.9 Å². The van der Waals surface area contributed by atoms with E-state index in [1.807, 2.05) is 0 Å². The molecule has 7 heteroatoms. The van der Waals surface area contributed by atoms with Gasteiger partial charge in [-0.2, -0.15) is 13.2 Å². The van der Waals surface area contributed by atoms with Crippen LogP contribution < -0.4 is 0 Å². The molecule has 0 saturated carbocycles. The van der Waals surface area contributed by atoms with E-state index in [4.69, 9.17) is 0 Å². The van der Waals surface area contributed by atoms with Crippen LogP contribution in [0.4, 0.5) is 13.2 Å². The van der Waals surface area contributed by atoms with Crippen molar-refractivity contribution in [2.75, 3.05) is 18.4 Å². The molecule has 18 heavy (non-hydrogen) atoms. The molecule has 0 fully saturated rings. The minimum absolute atomic E-state index is 0.0193. The summed E-state index contributed by atoms with van der Waals surface area (Å²) >= 11 is 3.21. The fourth-order valence-electron chi connectivity index (χ4n) is 1.36. The second-order valence-corrected chi connectivity index (χ2v) is 4.30. The summed E-state index contributed by atoms with van der Waals surface area (Å²) in [6.07, 6.45) is -3.76. The van der Waals surface area contributed by atoms with E-state index in [1.165, 1.54) is 4.90 Å². The van der Waals surface area contributed by atoms with Crippen LogP contribution in [-0.4, -0.2) is 34.2 Å². The van der Waals surface area contributed by atoms with Crippen molar-refractivity contribution in [3.63, 3.8) is 0 Å². The lowest BCUT2D eigenvalue weighted by Crippen LogP contribution is -2.33. The first-order valence-corrected chi connectivity index (χ1v) is 6.40. The van der Waals surface area contributed by atoms with Gasteiger partial charge >= 0.3 is 6.18 Å². The fourth-order valence-corrected chi connectivity index (χ4v) is 1.78. The van der Waals surface area contributed by atoms with E-state index in [1.54, 1.807) is 6.92 Å². The monoisotopic (exact) mass is 324 g/mol. The SMILES string of the molecule is CCN(CCBr)C(=O)c1ccc(C(F)(F)F)cn1. The summed E-state index contributed by atoms with van der Waals surface area (Å²) in [5, 5.41) is 0.604. The van der Waals surface area contributed by atoms with E-state index in [2.05, 4.69) is 20.9 Å². The van der Waals surface area contributed by atoms with Gasteiger partial charge in [0, 0.05) is 24.6 Å². The highest BCUT2D eigenvalue weighted by Crippen LogP contribution is 2.28. The molecule has 0 radical (unpaired) electrons. The van der Waals surface area contributed by atoms with E-state index in [0.717, 1.165) is 12.1 Å². The summed E-state index contributed by atoms with van der Waals surface area (Å²) in [5.41, 5.74) is -0.839. The summed E-state index contributed by atoms with van der Waals surface area (Å²) in [6, 6.07) is 1.96. The van der Waals surface area contributed by atoms with Gasteiger partial charge in [-0.05, 0) is 19.1 Å². The van der Waals surface area contributed by atoms with Gasteiger partial charge < -0.3 is 4.90 Å². The molecule has 0 unspecified atom stereocenters. The quantitative estimate of drug-likeness (QED) is 0.798. The van der Waals surface area contributed by atoms with Gasteiger partial charge in [0.15, 0.2) is 0 Å². The number of aromatic nitrogens is 1. The zero-order chi connectivity index (χ0) is 13.8. The molecule has 0 aliphatic rings. The molecular weight excluding hydrogens is 313 g/mol. The minimum atomic E-state index is -4.44. The number of alkyl halides is 4. The van der Waals surface area contributed by atoms with Gasteiger partial charge in [-0.3, -0.25) is 9.78 Å². The van der Waals surface area contributed by atoms with Crippen molar-refractivity contribution in [3.05, 3.63) is 29.6 Å². The first-order chi connectivity index (χ1) is 8.40. The summed E-state index contributed by atoms with van der Waals surface area (Å²) in [5.74, 6) is -0.370. The summed E-state index contributed by atoms with van der Waals surface area (Å²) in [7, 11) is 0. The Labute approximate surface area is 111 Å². The number of hydrogen-bond acceptors (Lipinski definition) is 2. The number of nitrogens with zero attached hydrogens (tertiary/aromatic N) is 2. The van der Waals surface area contributed by atoms with Crippen molar-refractivity contribution in [1.82, 2.24) is 9.88 Å². The molecule has 1 rings (SSSR count). The standard InChI is InChI=1S/C11H12BrF3N2O/c1-2-17(6-5-12)10(18)9-4-3-8(7-16-9)11(13,14)15/h3-4,7H,2,5-6H2,1H3. The molecule has 0 aromatic carbocycles. The molecule has 1 amide bonds. The van der Waals surface area contributed by atoms with Crippen molar-refractivity contribution in [2.45, 2.75) is 13.1 Å². The van der Waals surface area contributed by atoms with Crippen LogP contribution in [0.5, 0.6) is 0 Å². The third kappa shape index (κ3) is 3.69. The second kappa shape index (κ2) is 6.17. The van der Waals surface area contributed by atoms with Gasteiger partial charge in [-0.15, -0.1) is 0 Å². The van der Waals surface area contributed by atoms with Crippen molar-refractivity contribution in [2.24, 2.45) is 0 Å². The molecule has 100 valence electrons. The van der Waals surface area contributed by atoms with Crippen molar-refractivity contribution < 1.29 is 18.0 Å². The largest absolute Gasteiger partial charge is 0.417 e. The van der Waals surface area contributed by atoms with Gasteiger partial charge in [-0.1, -0.05) is 15.9 Å². The second-order valence-electron chi connectivity index (χ2n) is 3.50. The molecule has 0 saturated heterocycles. The molecule has 1 heterocycles. The van der Waals surface area contributed by atoms with Gasteiger partial charge in [0.25, 0.3) is 5.91 Å². The first kappa shape index (κ1) is 14.9. The molecule has 1 aromatic rings. The highest BCUT2D eigenvalue weighted by Gasteiger charge is 2.31. The number of hydrogen-bond donors (Lipinski definition) is 0. The zero-order valence-corrected chi connectivity index (χ0v) is 11.3. The molecule has 0 N–H and O–H groups in total. The van der Waals surface area contributed by atoms with Gasteiger partial charge in [0.05, 0.1) is 5.56 Å². The van der Waals surface area contributed by atoms with Crippen LogP contribution in [0.2, 0.25) is 0 Å². The summed E-state index contributed by atoms with van der Waals surface area (Å²) < 4.78 is 37.0. The molecule has 0 spiro atoms. The van der Waals surface area contributed by atoms with Gasteiger partial charge in [-0.25, -0.2) is 0 Å². The van der Waals surface area contributed by atoms with Crippen LogP contribution in [0.1, 0.15) is 23.0 Å². The van der Waals surface area contributed by atoms with E-state index in [-0.39, 0.29) is 11.6 Å². The number of halogens is 4. The highest BCUT2D eigenvalue weighted by atomic mass is 79.9. The predicted molar refractivity (Wildman–Crippen MR) is 64.6 cm³/mol. The average molecular weight is 325 g/mol. The Morgan fingerprint density at radius 1 is 1.44 bits per heavy atom. The topological polar surface area (TPSA) is 33.2 Å². The van der Waals surface area contributed by atoms with Crippen LogP contribution in [0, 0.1) is 0 Å². The lowest BCUT2D eigenvalue weighted by Gasteiger charge is -2.19. The van der Waals surface area contributed by atoms with Crippen LogP contribution in [0.25, 0.3) is 0 Å². The van der Waals surface area contributed by atoms with Crippen molar-refractivity contribution >= 4 is 21.8 Å². The Kier molecular flexibility index (Phi) is 5.13. The number of carbonyl (C=O) groups is 1. The smallest absolute Gasteiger partial charge is 0.337 e. The van der Waals surface area contributed by atoms with E-state index in [9.17, 15) is 18.0 Å². The number of amides is 1. The minimum Gasteiger partial charge on any atom is -0.337 e. The number of carbonyl (C=O) groups excluding carboxylic acids is 1. The predicted octanol–water partition coefficient (Wildman–Crippen LogP) is 2.96. The highest BCUT2D eigenvalue weighted by molar-refractivity contribution is 9.09. The molecule has 3 nitrogen and oxygen atoms in total. The van der Waals surface area contributed by atoms with Crippen LogP contribution in [0.3, 0.4) is 0 Å². The average Bonchev–Trinajstić information content (AvgIpc) is 2.34. The molecule has 0 atom stereocenters. The fraction of sp³-hybridized carbons (Fsp3) is 0.455. The van der Waals surface area contributed by atoms with E-state index < -0.39 is 11.7 Å². The Morgan fingerprint density at radius 2 is 2.11 bits per heavy atom. The summed E-state index contributed by atoms with van der Waals surface area (Å²) in [6.45, 7) is 2.76. The van der Waals surface area contributed by atoms with Crippen LogP contribution in [-0.2, 0) is 6.18 Å². The Hall–Kier alpha value is -1.11. The summed E-state index contributed by atoms with van der Waals surface area (Å²) in [4.78, 5) is 17.0. The first-order valence-electron chi connectivity index (χ1n) is 5.28. The molecule has 0 bridgehead atoms. The Bertz CT molecular complexity index is 406. The third-order valence-corrected chi connectivity index (χ3v) is 2.69. The molecule has 1 aromatic heterocycles. The number of pyridine rings is 1. The number of rotatable bonds is 4. The zero-order valence-electron chi connectivity index (χ0n) is 9.67. The van der Waals surface area contributed by atoms with E-state index >= 15 is 0 Å². The Balaban J connectivity index is 2.88. The van der Waals surface area contributed by atoms with Crippen LogP contribution in [0.15, 0.2) is 18.3 Å². The van der Waals surface area contributed by atoms with Gasteiger partial charge in [0.1, 0.15) is 5.69 Å². The maximum Gasteiger partial charge on any atom is 0.417 e. The normalized spacial score (nSPS) is 11.4. The Morgan fingerprint density at radius 3 is 2.50 bits per heavy atom. The third-order valence-electron chi connectivity index (χ3n) is 2.33. The van der Waals surface area contributed by atoms with Crippen molar-refractivity contribution in [3.8, 4) is 0 Å². The lowest BCUT2D eigenvalue weighted by molar-refractivity contribution is -0.137. The molecule has 0 aliphatic heterocycles. The maximum absolute atomic E-state index is 12.3. The maximum atomic E-state index is 12.3. The van der Waals surface area contributed by atoms with Gasteiger partial charge in [0.2, 0.25) is 0 Å². The lowest BCUT2D eigenvalue weighted by atomic mass is 10.2. The van der Waals surface area contributed by atoms with E-state index in [0.29, 0.717) is 24.6 Å². The molecule has 0 aliphatic carbocycles.